The molecule has 1 rings (SSSR count). The van der Waals surface area contributed by atoms with E-state index in [-0.39, 0.29) is 0 Å². The predicted octanol–water partition coefficient (Wildman–Crippen LogP) is 1.81. The lowest BCUT2D eigenvalue weighted by molar-refractivity contribution is 0.210. The van der Waals surface area contributed by atoms with Gasteiger partial charge in [-0.3, -0.25) is 0 Å². The number of alkyl halides is 1. The molecule has 56 valence electrons. The third-order valence-electron chi connectivity index (χ3n) is 1.95. The molecule has 10 heavy (non-hydrogen) atoms. The van der Waals surface area contributed by atoms with Crippen molar-refractivity contribution < 1.29 is 9.18 Å². The smallest absolute Gasteiger partial charge is 0.221 e. The second-order valence-corrected chi connectivity index (χ2v) is 2.69. The van der Waals surface area contributed by atoms with Crippen LogP contribution in [0.5, 0.6) is 0 Å². The minimum Gasteiger partial charge on any atom is -0.221 e. The van der Waals surface area contributed by atoms with Gasteiger partial charge in [0.15, 0.2) is 0 Å². The molecular formula is C7H10FNO. The molecule has 0 aromatic heterocycles. The van der Waals surface area contributed by atoms with Gasteiger partial charge in [0, 0.05) is 6.42 Å². The second kappa shape index (κ2) is 3.47. The van der Waals surface area contributed by atoms with Gasteiger partial charge < -0.3 is 0 Å². The Balaban J connectivity index is 2.16. The molecule has 1 aliphatic rings. The topological polar surface area (TPSA) is 29.4 Å². The van der Waals surface area contributed by atoms with E-state index >= 15 is 0 Å². The SMILES string of the molecule is O=C=NC(F)CC1CCC1. The number of rotatable bonds is 3. The zero-order chi connectivity index (χ0) is 7.40. The van der Waals surface area contributed by atoms with E-state index in [9.17, 15) is 9.18 Å². The highest BCUT2D eigenvalue weighted by molar-refractivity contribution is 5.33. The van der Waals surface area contributed by atoms with E-state index in [4.69, 9.17) is 0 Å². The molecule has 1 saturated carbocycles. The molecule has 0 aromatic carbocycles. The van der Waals surface area contributed by atoms with Crippen LogP contribution < -0.4 is 0 Å². The summed E-state index contributed by atoms with van der Waals surface area (Å²) in [5.41, 5.74) is 0. The van der Waals surface area contributed by atoms with Gasteiger partial charge in [0.05, 0.1) is 0 Å². The average Bonchev–Trinajstić information content (AvgIpc) is 1.80. The maximum atomic E-state index is 12.4. The quantitative estimate of drug-likeness (QED) is 0.336. The zero-order valence-corrected chi connectivity index (χ0v) is 5.72. The largest absolute Gasteiger partial charge is 0.237 e. The Bertz CT molecular complexity index is 150. The lowest BCUT2D eigenvalue weighted by atomic mass is 9.83. The molecule has 0 aromatic rings. The summed E-state index contributed by atoms with van der Waals surface area (Å²) in [7, 11) is 0. The molecule has 0 saturated heterocycles. The first-order valence-electron chi connectivity index (χ1n) is 3.54. The zero-order valence-electron chi connectivity index (χ0n) is 5.72. The molecule has 0 amide bonds. The van der Waals surface area contributed by atoms with E-state index in [0.717, 1.165) is 12.8 Å². The highest BCUT2D eigenvalue weighted by Gasteiger charge is 2.21. The molecule has 0 bridgehead atoms. The van der Waals surface area contributed by atoms with Crippen LogP contribution >= 0.6 is 0 Å². The van der Waals surface area contributed by atoms with Gasteiger partial charge in [-0.15, -0.1) is 0 Å². The first kappa shape index (κ1) is 7.42. The fraction of sp³-hybridized carbons (Fsp3) is 0.857. The molecule has 0 aliphatic heterocycles. The Hall–Kier alpha value is -0.690. The Labute approximate surface area is 59.1 Å². The monoisotopic (exact) mass is 143 g/mol. The van der Waals surface area contributed by atoms with Gasteiger partial charge in [-0.1, -0.05) is 19.3 Å². The normalized spacial score (nSPS) is 20.9. The molecule has 0 N–H and O–H groups in total. The second-order valence-electron chi connectivity index (χ2n) is 2.69. The van der Waals surface area contributed by atoms with Gasteiger partial charge in [0.1, 0.15) is 0 Å². The van der Waals surface area contributed by atoms with Crippen LogP contribution in [0.2, 0.25) is 0 Å². The van der Waals surface area contributed by atoms with Crippen molar-refractivity contribution in [3.63, 3.8) is 0 Å². The highest BCUT2D eigenvalue weighted by atomic mass is 19.1. The van der Waals surface area contributed by atoms with Crippen molar-refractivity contribution in [2.75, 3.05) is 0 Å². The highest BCUT2D eigenvalue weighted by Crippen LogP contribution is 2.31. The number of hydrogen-bond donors (Lipinski definition) is 0. The predicted molar refractivity (Wildman–Crippen MR) is 35.0 cm³/mol. The summed E-state index contributed by atoms with van der Waals surface area (Å²) < 4.78 is 12.4. The van der Waals surface area contributed by atoms with E-state index in [1.807, 2.05) is 0 Å². The summed E-state index contributed by atoms with van der Waals surface area (Å²) in [5.74, 6) is 0.465. The Morgan fingerprint density at radius 3 is 2.80 bits per heavy atom. The molecule has 1 fully saturated rings. The van der Waals surface area contributed by atoms with E-state index in [1.165, 1.54) is 12.5 Å². The summed E-state index contributed by atoms with van der Waals surface area (Å²) in [4.78, 5) is 12.5. The van der Waals surface area contributed by atoms with Crippen LogP contribution in [0.25, 0.3) is 0 Å². The van der Waals surface area contributed by atoms with Crippen LogP contribution in [0.15, 0.2) is 4.99 Å². The van der Waals surface area contributed by atoms with Crippen molar-refractivity contribution >= 4 is 6.08 Å². The maximum Gasteiger partial charge on any atom is 0.237 e. The standard InChI is InChI=1S/C7H10FNO/c8-7(9-5-10)4-6-2-1-3-6/h6-7H,1-4H2. The summed E-state index contributed by atoms with van der Waals surface area (Å²) in [5, 5.41) is 0. The van der Waals surface area contributed by atoms with Crippen molar-refractivity contribution in [1.82, 2.24) is 0 Å². The van der Waals surface area contributed by atoms with Crippen LogP contribution in [0, 0.1) is 5.92 Å². The van der Waals surface area contributed by atoms with Gasteiger partial charge in [0.25, 0.3) is 0 Å². The number of halogens is 1. The maximum absolute atomic E-state index is 12.4. The molecule has 0 radical (unpaired) electrons. The third-order valence-corrected chi connectivity index (χ3v) is 1.95. The molecule has 3 heteroatoms. The number of aliphatic imine (C=N–C) groups is 1. The third kappa shape index (κ3) is 1.92. The number of nitrogens with zero attached hydrogens (tertiary/aromatic N) is 1. The molecule has 0 spiro atoms. The van der Waals surface area contributed by atoms with Gasteiger partial charge in [-0.05, 0) is 5.92 Å². The minimum atomic E-state index is -1.30. The molecular weight excluding hydrogens is 133 g/mol. The van der Waals surface area contributed by atoms with Gasteiger partial charge in [0.2, 0.25) is 12.4 Å². The van der Waals surface area contributed by atoms with Crippen molar-refractivity contribution in [2.24, 2.45) is 10.9 Å². The molecule has 1 aliphatic carbocycles. The first-order valence-corrected chi connectivity index (χ1v) is 3.54. The van der Waals surface area contributed by atoms with Crippen LogP contribution in [0.1, 0.15) is 25.7 Å². The molecule has 0 heterocycles. The van der Waals surface area contributed by atoms with E-state index < -0.39 is 6.30 Å². The van der Waals surface area contributed by atoms with Crippen LogP contribution in [0.4, 0.5) is 4.39 Å². The van der Waals surface area contributed by atoms with E-state index in [2.05, 4.69) is 4.99 Å². The lowest BCUT2D eigenvalue weighted by Gasteiger charge is -2.24. The van der Waals surface area contributed by atoms with E-state index in [1.54, 1.807) is 0 Å². The van der Waals surface area contributed by atoms with Crippen LogP contribution in [-0.2, 0) is 4.79 Å². The van der Waals surface area contributed by atoms with Gasteiger partial charge in [-0.2, -0.15) is 4.99 Å². The Morgan fingerprint density at radius 1 is 1.70 bits per heavy atom. The van der Waals surface area contributed by atoms with Crippen molar-refractivity contribution in [2.45, 2.75) is 32.0 Å². The lowest BCUT2D eigenvalue weighted by Crippen LogP contribution is -2.15. The average molecular weight is 143 g/mol. The van der Waals surface area contributed by atoms with Crippen LogP contribution in [-0.4, -0.2) is 12.4 Å². The van der Waals surface area contributed by atoms with Crippen LogP contribution in [0.3, 0.4) is 0 Å². The van der Waals surface area contributed by atoms with Gasteiger partial charge in [-0.25, -0.2) is 9.18 Å². The van der Waals surface area contributed by atoms with Gasteiger partial charge >= 0.3 is 0 Å². The van der Waals surface area contributed by atoms with E-state index in [0.29, 0.717) is 12.3 Å². The summed E-state index contributed by atoms with van der Waals surface area (Å²) in [6.07, 6.45) is 3.71. The number of carbonyl (C=O) groups excluding carboxylic acids is 1. The van der Waals surface area contributed by atoms with Crippen molar-refractivity contribution in [1.29, 1.82) is 0 Å². The first-order chi connectivity index (χ1) is 4.83. The van der Waals surface area contributed by atoms with Crippen molar-refractivity contribution in [3.8, 4) is 0 Å². The number of isocyanates is 1. The fourth-order valence-corrected chi connectivity index (χ4v) is 1.11. The molecule has 1 unspecified atom stereocenters. The summed E-state index contributed by atoms with van der Waals surface area (Å²) in [6, 6.07) is 0. The number of hydrogen-bond acceptors (Lipinski definition) is 2. The minimum absolute atomic E-state index is 0.412. The Kier molecular flexibility index (Phi) is 2.57. The van der Waals surface area contributed by atoms with Crippen molar-refractivity contribution in [3.05, 3.63) is 0 Å². The summed E-state index contributed by atoms with van der Waals surface area (Å²) in [6.45, 7) is 0. The fourth-order valence-electron chi connectivity index (χ4n) is 1.11. The molecule has 2 nitrogen and oxygen atoms in total. The Morgan fingerprint density at radius 2 is 2.40 bits per heavy atom. The summed E-state index contributed by atoms with van der Waals surface area (Å²) >= 11 is 0. The molecule has 1 atom stereocenters.